The van der Waals surface area contributed by atoms with Crippen LogP contribution in [0.15, 0.2) is 12.7 Å². The lowest BCUT2D eigenvalue weighted by atomic mass is 10.0. The van der Waals surface area contributed by atoms with E-state index in [1.165, 1.54) is 44.9 Å². The summed E-state index contributed by atoms with van der Waals surface area (Å²) in [5, 5.41) is 0. The van der Waals surface area contributed by atoms with Crippen LogP contribution in [-0.4, -0.2) is 6.29 Å². The number of carbonyl (C=O) groups excluding carboxylic acids is 1. The Kier molecular flexibility index (Phi) is 10.0. The van der Waals surface area contributed by atoms with Gasteiger partial charge in [-0.05, 0) is 6.42 Å². The van der Waals surface area contributed by atoms with Gasteiger partial charge in [0.25, 0.3) is 0 Å². The molecule has 1 unspecified atom stereocenters. The van der Waals surface area contributed by atoms with Crippen LogP contribution in [0, 0.1) is 5.92 Å². The SMILES string of the molecule is C=CC(C=O)CCCCCCCCC. The van der Waals surface area contributed by atoms with Crippen molar-refractivity contribution < 1.29 is 4.79 Å². The van der Waals surface area contributed by atoms with E-state index in [0.717, 1.165) is 12.7 Å². The van der Waals surface area contributed by atoms with E-state index in [1.54, 1.807) is 6.08 Å². The number of allylic oxidation sites excluding steroid dienone is 1. The molecule has 0 amide bonds. The van der Waals surface area contributed by atoms with Crippen molar-refractivity contribution in [1.29, 1.82) is 0 Å². The van der Waals surface area contributed by atoms with Gasteiger partial charge >= 0.3 is 0 Å². The summed E-state index contributed by atoms with van der Waals surface area (Å²) >= 11 is 0. The van der Waals surface area contributed by atoms with Gasteiger partial charge in [0.05, 0.1) is 0 Å². The zero-order chi connectivity index (χ0) is 10.6. The van der Waals surface area contributed by atoms with Gasteiger partial charge in [-0.2, -0.15) is 0 Å². The fraction of sp³-hybridized carbons (Fsp3) is 0.769. The second-order valence-corrected chi connectivity index (χ2v) is 3.95. The van der Waals surface area contributed by atoms with Gasteiger partial charge in [0.1, 0.15) is 6.29 Å². The topological polar surface area (TPSA) is 17.1 Å². The third kappa shape index (κ3) is 8.03. The maximum Gasteiger partial charge on any atom is 0.126 e. The summed E-state index contributed by atoms with van der Waals surface area (Å²) < 4.78 is 0. The van der Waals surface area contributed by atoms with Crippen molar-refractivity contribution in [2.75, 3.05) is 0 Å². The Hall–Kier alpha value is -0.590. The van der Waals surface area contributed by atoms with Gasteiger partial charge in [-0.1, -0.05) is 57.9 Å². The largest absolute Gasteiger partial charge is 0.303 e. The van der Waals surface area contributed by atoms with Crippen LogP contribution in [0.2, 0.25) is 0 Å². The second kappa shape index (κ2) is 10.5. The summed E-state index contributed by atoms with van der Waals surface area (Å²) in [7, 11) is 0. The fourth-order valence-electron chi connectivity index (χ4n) is 1.58. The minimum atomic E-state index is 0.0886. The molecule has 0 spiro atoms. The van der Waals surface area contributed by atoms with E-state index in [-0.39, 0.29) is 5.92 Å². The van der Waals surface area contributed by atoms with E-state index in [0.29, 0.717) is 0 Å². The molecule has 0 saturated carbocycles. The van der Waals surface area contributed by atoms with Crippen LogP contribution >= 0.6 is 0 Å². The zero-order valence-corrected chi connectivity index (χ0v) is 9.50. The highest BCUT2D eigenvalue weighted by molar-refractivity contribution is 5.56. The zero-order valence-electron chi connectivity index (χ0n) is 9.50. The van der Waals surface area contributed by atoms with E-state index in [4.69, 9.17) is 0 Å². The van der Waals surface area contributed by atoms with Gasteiger partial charge in [0.15, 0.2) is 0 Å². The summed E-state index contributed by atoms with van der Waals surface area (Å²) in [5.74, 6) is 0.0886. The summed E-state index contributed by atoms with van der Waals surface area (Å²) in [5.41, 5.74) is 0. The smallest absolute Gasteiger partial charge is 0.126 e. The van der Waals surface area contributed by atoms with Gasteiger partial charge < -0.3 is 4.79 Å². The van der Waals surface area contributed by atoms with Crippen LogP contribution in [0.25, 0.3) is 0 Å². The molecule has 0 aromatic rings. The highest BCUT2D eigenvalue weighted by atomic mass is 16.1. The maximum atomic E-state index is 10.5. The van der Waals surface area contributed by atoms with Crippen molar-refractivity contribution in [2.24, 2.45) is 5.92 Å². The van der Waals surface area contributed by atoms with Gasteiger partial charge in [-0.25, -0.2) is 0 Å². The molecule has 0 aromatic carbocycles. The van der Waals surface area contributed by atoms with E-state index >= 15 is 0 Å². The predicted molar refractivity (Wildman–Crippen MR) is 62.4 cm³/mol. The molecule has 14 heavy (non-hydrogen) atoms. The first-order valence-corrected chi connectivity index (χ1v) is 5.93. The van der Waals surface area contributed by atoms with Crippen molar-refractivity contribution in [3.63, 3.8) is 0 Å². The van der Waals surface area contributed by atoms with Crippen LogP contribution in [0.5, 0.6) is 0 Å². The number of unbranched alkanes of at least 4 members (excludes halogenated alkanes) is 6. The van der Waals surface area contributed by atoms with Crippen molar-refractivity contribution in [2.45, 2.75) is 58.3 Å². The number of aldehydes is 1. The summed E-state index contributed by atoms with van der Waals surface area (Å²) in [6.07, 6.45) is 12.9. The highest BCUT2D eigenvalue weighted by Crippen LogP contribution is 2.12. The predicted octanol–water partition coefficient (Wildman–Crippen LogP) is 4.13. The molecule has 0 fully saturated rings. The molecule has 0 aliphatic rings. The molecule has 0 aromatic heterocycles. The fourth-order valence-corrected chi connectivity index (χ4v) is 1.58. The van der Waals surface area contributed by atoms with E-state index in [9.17, 15) is 4.79 Å². The number of hydrogen-bond acceptors (Lipinski definition) is 1. The molecule has 0 N–H and O–H groups in total. The van der Waals surface area contributed by atoms with Crippen LogP contribution in [-0.2, 0) is 4.79 Å². The van der Waals surface area contributed by atoms with Crippen LogP contribution in [0.1, 0.15) is 58.3 Å². The molecule has 1 nitrogen and oxygen atoms in total. The van der Waals surface area contributed by atoms with Crippen LogP contribution in [0.3, 0.4) is 0 Å². The molecular weight excluding hydrogens is 172 g/mol. The third-order valence-corrected chi connectivity index (χ3v) is 2.62. The molecule has 82 valence electrons. The number of rotatable bonds is 10. The average Bonchev–Trinajstić information content (AvgIpc) is 2.22. The first kappa shape index (κ1) is 13.4. The minimum absolute atomic E-state index is 0.0886. The lowest BCUT2D eigenvalue weighted by Crippen LogP contribution is -1.96. The molecule has 0 rings (SSSR count). The second-order valence-electron chi connectivity index (χ2n) is 3.95. The lowest BCUT2D eigenvalue weighted by molar-refractivity contribution is -0.110. The Balaban J connectivity index is 3.12. The van der Waals surface area contributed by atoms with Gasteiger partial charge in [0, 0.05) is 5.92 Å². The molecule has 0 aliphatic heterocycles. The monoisotopic (exact) mass is 196 g/mol. The van der Waals surface area contributed by atoms with E-state index in [1.807, 2.05) is 0 Å². The standard InChI is InChI=1S/C13H24O/c1-3-5-6-7-8-9-10-11-13(4-2)12-14/h4,12-13H,2-3,5-11H2,1H3. The van der Waals surface area contributed by atoms with Crippen molar-refractivity contribution in [1.82, 2.24) is 0 Å². The molecule has 0 heterocycles. The molecule has 0 bridgehead atoms. The Labute approximate surface area is 88.6 Å². The van der Waals surface area contributed by atoms with Crippen molar-refractivity contribution in [3.8, 4) is 0 Å². The Bertz CT molecular complexity index is 132. The molecule has 0 saturated heterocycles. The summed E-state index contributed by atoms with van der Waals surface area (Å²) in [6.45, 7) is 5.87. The normalized spacial score (nSPS) is 12.4. The molecule has 1 heteroatoms. The van der Waals surface area contributed by atoms with Crippen molar-refractivity contribution in [3.05, 3.63) is 12.7 Å². The molecular formula is C13H24O. The van der Waals surface area contributed by atoms with Gasteiger partial charge in [0.2, 0.25) is 0 Å². The van der Waals surface area contributed by atoms with Crippen molar-refractivity contribution >= 4 is 6.29 Å². The van der Waals surface area contributed by atoms with Gasteiger partial charge in [-0.3, -0.25) is 0 Å². The third-order valence-electron chi connectivity index (χ3n) is 2.62. The van der Waals surface area contributed by atoms with Crippen LogP contribution < -0.4 is 0 Å². The minimum Gasteiger partial charge on any atom is -0.303 e. The first-order valence-electron chi connectivity index (χ1n) is 5.93. The summed E-state index contributed by atoms with van der Waals surface area (Å²) in [6, 6.07) is 0. The Morgan fingerprint density at radius 3 is 2.14 bits per heavy atom. The average molecular weight is 196 g/mol. The molecule has 0 radical (unpaired) electrons. The number of carbonyl (C=O) groups is 1. The lowest BCUT2D eigenvalue weighted by Gasteiger charge is -2.03. The van der Waals surface area contributed by atoms with E-state index in [2.05, 4.69) is 13.5 Å². The Morgan fingerprint density at radius 1 is 1.07 bits per heavy atom. The quantitative estimate of drug-likeness (QED) is 0.292. The summed E-state index contributed by atoms with van der Waals surface area (Å²) in [4.78, 5) is 10.5. The molecule has 1 atom stereocenters. The highest BCUT2D eigenvalue weighted by Gasteiger charge is 2.00. The van der Waals surface area contributed by atoms with Crippen LogP contribution in [0.4, 0.5) is 0 Å². The van der Waals surface area contributed by atoms with E-state index < -0.39 is 0 Å². The molecule has 0 aliphatic carbocycles. The Morgan fingerprint density at radius 2 is 1.64 bits per heavy atom. The first-order chi connectivity index (χ1) is 6.85. The van der Waals surface area contributed by atoms with Gasteiger partial charge in [-0.15, -0.1) is 6.58 Å². The maximum absolute atomic E-state index is 10.5. The number of hydrogen-bond donors (Lipinski definition) is 0.